The van der Waals surface area contributed by atoms with E-state index in [1.165, 1.54) is 6.20 Å². The van der Waals surface area contributed by atoms with Crippen LogP contribution in [-0.2, 0) is 6.54 Å². The van der Waals surface area contributed by atoms with Crippen LogP contribution in [0.25, 0.3) is 0 Å². The summed E-state index contributed by atoms with van der Waals surface area (Å²) in [6.07, 6.45) is 7.42. The van der Waals surface area contributed by atoms with Crippen LogP contribution >= 0.6 is 0 Å². The van der Waals surface area contributed by atoms with Gasteiger partial charge >= 0.3 is 0 Å². The summed E-state index contributed by atoms with van der Waals surface area (Å²) in [7, 11) is 0. The molecule has 3 N–H and O–H groups in total. The quantitative estimate of drug-likeness (QED) is 0.718. The highest BCUT2D eigenvalue weighted by molar-refractivity contribution is 5.92. The van der Waals surface area contributed by atoms with Gasteiger partial charge in [0.05, 0.1) is 18.6 Å². The van der Waals surface area contributed by atoms with Crippen molar-refractivity contribution in [2.45, 2.75) is 19.9 Å². The van der Waals surface area contributed by atoms with Gasteiger partial charge in [0.25, 0.3) is 5.91 Å². The Bertz CT molecular complexity index is 525. The molecule has 2 aromatic rings. The molecule has 2 heterocycles. The minimum Gasteiger partial charge on any atom is -0.369 e. The molecule has 100 valence electrons. The first-order chi connectivity index (χ1) is 9.29. The van der Waals surface area contributed by atoms with E-state index in [0.717, 1.165) is 18.5 Å². The van der Waals surface area contributed by atoms with Crippen LogP contribution in [0.3, 0.4) is 0 Å². The molecule has 0 saturated heterocycles. The number of H-pyrrole nitrogens is 1. The Morgan fingerprint density at radius 3 is 3.00 bits per heavy atom. The van der Waals surface area contributed by atoms with Crippen molar-refractivity contribution in [3.63, 3.8) is 0 Å². The number of aromatic nitrogens is 4. The van der Waals surface area contributed by atoms with Crippen molar-refractivity contribution in [1.82, 2.24) is 25.5 Å². The molecular weight excluding hydrogens is 244 g/mol. The van der Waals surface area contributed by atoms with Crippen LogP contribution in [0.4, 0.5) is 5.82 Å². The fraction of sp³-hybridized carbons (Fsp3) is 0.333. The van der Waals surface area contributed by atoms with E-state index in [9.17, 15) is 4.79 Å². The molecule has 2 aromatic heterocycles. The van der Waals surface area contributed by atoms with Crippen LogP contribution < -0.4 is 10.6 Å². The molecule has 7 heteroatoms. The van der Waals surface area contributed by atoms with Gasteiger partial charge in [0.1, 0.15) is 11.5 Å². The number of carbonyl (C=O) groups is 1. The summed E-state index contributed by atoms with van der Waals surface area (Å²) in [6, 6.07) is 0. The lowest BCUT2D eigenvalue weighted by Gasteiger charge is -2.06. The Morgan fingerprint density at radius 1 is 1.37 bits per heavy atom. The fourth-order valence-electron chi connectivity index (χ4n) is 1.46. The van der Waals surface area contributed by atoms with Gasteiger partial charge in [-0.1, -0.05) is 6.92 Å². The van der Waals surface area contributed by atoms with E-state index in [2.05, 4.69) is 37.7 Å². The number of nitrogens with one attached hydrogen (secondary N) is 3. The Labute approximate surface area is 110 Å². The van der Waals surface area contributed by atoms with Crippen molar-refractivity contribution < 1.29 is 4.79 Å². The molecule has 0 unspecified atom stereocenters. The van der Waals surface area contributed by atoms with Crippen LogP contribution in [0.15, 0.2) is 24.8 Å². The predicted molar refractivity (Wildman–Crippen MR) is 70.6 cm³/mol. The van der Waals surface area contributed by atoms with Crippen LogP contribution in [0, 0.1) is 0 Å². The molecule has 0 bridgehead atoms. The van der Waals surface area contributed by atoms with Crippen molar-refractivity contribution >= 4 is 11.7 Å². The molecule has 0 radical (unpaired) electrons. The topological polar surface area (TPSA) is 95.6 Å². The molecule has 0 saturated carbocycles. The van der Waals surface area contributed by atoms with Gasteiger partial charge in [-0.05, 0) is 6.42 Å². The van der Waals surface area contributed by atoms with Crippen molar-refractivity contribution in [2.24, 2.45) is 0 Å². The van der Waals surface area contributed by atoms with Crippen LogP contribution in [0.1, 0.15) is 29.4 Å². The van der Waals surface area contributed by atoms with Crippen LogP contribution in [-0.4, -0.2) is 32.6 Å². The van der Waals surface area contributed by atoms with Gasteiger partial charge < -0.3 is 10.6 Å². The molecule has 0 aliphatic rings. The monoisotopic (exact) mass is 260 g/mol. The first kappa shape index (κ1) is 13.0. The van der Waals surface area contributed by atoms with Crippen molar-refractivity contribution in [3.05, 3.63) is 36.0 Å². The third-order valence-electron chi connectivity index (χ3n) is 2.43. The maximum Gasteiger partial charge on any atom is 0.271 e. The number of anilines is 1. The summed E-state index contributed by atoms with van der Waals surface area (Å²) in [5, 5.41) is 12.3. The SMILES string of the molecule is CCCNc1cncc(C(=O)NCc2cn[nH]c2)n1. The van der Waals surface area contributed by atoms with Gasteiger partial charge in [0.15, 0.2) is 0 Å². The summed E-state index contributed by atoms with van der Waals surface area (Å²) >= 11 is 0. The van der Waals surface area contributed by atoms with Crippen LogP contribution in [0.5, 0.6) is 0 Å². The lowest BCUT2D eigenvalue weighted by Crippen LogP contribution is -2.24. The molecule has 2 rings (SSSR count). The lowest BCUT2D eigenvalue weighted by molar-refractivity contribution is 0.0945. The van der Waals surface area contributed by atoms with E-state index < -0.39 is 0 Å². The van der Waals surface area contributed by atoms with Gasteiger partial charge in [-0.25, -0.2) is 4.98 Å². The van der Waals surface area contributed by atoms with E-state index >= 15 is 0 Å². The highest BCUT2D eigenvalue weighted by Gasteiger charge is 2.08. The maximum atomic E-state index is 11.9. The van der Waals surface area contributed by atoms with Gasteiger partial charge in [0, 0.05) is 24.8 Å². The highest BCUT2D eigenvalue weighted by Crippen LogP contribution is 2.02. The number of carbonyl (C=O) groups excluding carboxylic acids is 1. The van der Waals surface area contributed by atoms with Crippen molar-refractivity contribution in [3.8, 4) is 0 Å². The average Bonchev–Trinajstić information content (AvgIpc) is 2.96. The van der Waals surface area contributed by atoms with Crippen molar-refractivity contribution in [1.29, 1.82) is 0 Å². The molecule has 1 amide bonds. The number of hydrogen-bond donors (Lipinski definition) is 3. The summed E-state index contributed by atoms with van der Waals surface area (Å²) in [5.41, 5.74) is 1.20. The second kappa shape index (κ2) is 6.48. The molecule has 0 fully saturated rings. The fourth-order valence-corrected chi connectivity index (χ4v) is 1.46. The predicted octanol–water partition coefficient (Wildman–Crippen LogP) is 0.952. The van der Waals surface area contributed by atoms with Crippen molar-refractivity contribution in [2.75, 3.05) is 11.9 Å². The summed E-state index contributed by atoms with van der Waals surface area (Å²) in [5.74, 6) is 0.353. The zero-order valence-corrected chi connectivity index (χ0v) is 10.7. The third-order valence-corrected chi connectivity index (χ3v) is 2.43. The Balaban J connectivity index is 1.94. The maximum absolute atomic E-state index is 11.9. The molecule has 0 aliphatic carbocycles. The van der Waals surface area contributed by atoms with E-state index in [1.807, 2.05) is 0 Å². The minimum atomic E-state index is -0.256. The smallest absolute Gasteiger partial charge is 0.271 e. The second-order valence-electron chi connectivity index (χ2n) is 4.01. The molecule has 0 aliphatic heterocycles. The summed E-state index contributed by atoms with van der Waals surface area (Å²) in [6.45, 7) is 3.26. The van der Waals surface area contributed by atoms with E-state index in [0.29, 0.717) is 18.1 Å². The van der Waals surface area contributed by atoms with Crippen LogP contribution in [0.2, 0.25) is 0 Å². The van der Waals surface area contributed by atoms with Gasteiger partial charge in [-0.15, -0.1) is 0 Å². The Kier molecular flexibility index (Phi) is 4.44. The number of nitrogens with zero attached hydrogens (tertiary/aromatic N) is 3. The number of hydrogen-bond acceptors (Lipinski definition) is 5. The molecule has 0 aromatic carbocycles. The molecular formula is C12H16N6O. The second-order valence-corrected chi connectivity index (χ2v) is 4.01. The van der Waals surface area contributed by atoms with Gasteiger partial charge in [0.2, 0.25) is 0 Å². The standard InChI is InChI=1S/C12H16N6O/c1-2-3-14-11-8-13-7-10(18-11)12(19)15-4-9-5-16-17-6-9/h5-8H,2-4H2,1H3,(H,14,18)(H,15,19)(H,16,17). The van der Waals surface area contributed by atoms with E-state index in [4.69, 9.17) is 0 Å². The third kappa shape index (κ3) is 3.77. The first-order valence-electron chi connectivity index (χ1n) is 6.11. The number of aromatic amines is 1. The largest absolute Gasteiger partial charge is 0.369 e. The summed E-state index contributed by atoms with van der Waals surface area (Å²) in [4.78, 5) is 20.1. The average molecular weight is 260 g/mol. The molecule has 0 spiro atoms. The van der Waals surface area contributed by atoms with E-state index in [1.54, 1.807) is 18.6 Å². The lowest BCUT2D eigenvalue weighted by atomic mass is 10.3. The Morgan fingerprint density at radius 2 is 2.26 bits per heavy atom. The minimum absolute atomic E-state index is 0.256. The Hall–Kier alpha value is -2.44. The van der Waals surface area contributed by atoms with E-state index in [-0.39, 0.29) is 5.91 Å². The normalized spacial score (nSPS) is 10.2. The number of amides is 1. The zero-order valence-electron chi connectivity index (χ0n) is 10.7. The molecule has 7 nitrogen and oxygen atoms in total. The molecule has 19 heavy (non-hydrogen) atoms. The van der Waals surface area contributed by atoms with Gasteiger partial charge in [-0.3, -0.25) is 14.9 Å². The zero-order chi connectivity index (χ0) is 13.5. The highest BCUT2D eigenvalue weighted by atomic mass is 16.1. The summed E-state index contributed by atoms with van der Waals surface area (Å²) < 4.78 is 0. The molecule has 0 atom stereocenters. The van der Waals surface area contributed by atoms with Gasteiger partial charge in [-0.2, -0.15) is 5.10 Å². The number of rotatable bonds is 6. The first-order valence-corrected chi connectivity index (χ1v) is 6.11.